The number of piperidine rings is 1. The van der Waals surface area contributed by atoms with E-state index in [9.17, 15) is 4.79 Å². The first-order valence-corrected chi connectivity index (χ1v) is 5.45. The van der Waals surface area contributed by atoms with Crippen LogP contribution in [0, 0.1) is 0 Å². The number of amides is 1. The fourth-order valence-corrected chi connectivity index (χ4v) is 3.13. The van der Waals surface area contributed by atoms with Crippen LogP contribution in [0.5, 0.6) is 0 Å². The highest BCUT2D eigenvalue weighted by atomic mass is 32.2. The van der Waals surface area contributed by atoms with Crippen molar-refractivity contribution in [2.45, 2.75) is 17.6 Å². The molecule has 0 bridgehead atoms. The minimum absolute atomic E-state index is 0.0799. The van der Waals surface area contributed by atoms with E-state index in [-0.39, 0.29) is 10.7 Å². The lowest BCUT2D eigenvalue weighted by Crippen LogP contribution is -2.54. The molecule has 3 nitrogen and oxygen atoms in total. The predicted octanol–water partition coefficient (Wildman–Crippen LogP) is -0.0284. The van der Waals surface area contributed by atoms with Gasteiger partial charge in [-0.2, -0.15) is 0 Å². The summed E-state index contributed by atoms with van der Waals surface area (Å²) < 4.78 is -0.0799. The monoisotopic (exact) mass is 186 g/mol. The van der Waals surface area contributed by atoms with E-state index in [1.165, 1.54) is 0 Å². The molecule has 2 N–H and O–H groups in total. The molecule has 68 valence electrons. The number of carbonyl (C=O) groups is 1. The quantitative estimate of drug-likeness (QED) is 0.558. The summed E-state index contributed by atoms with van der Waals surface area (Å²) in [5.74, 6) is 1.34. The second-order valence-corrected chi connectivity index (χ2v) is 4.83. The third kappa shape index (κ3) is 1.33. The van der Waals surface area contributed by atoms with Crippen LogP contribution in [0.1, 0.15) is 12.8 Å². The molecule has 0 aromatic heterocycles. The zero-order valence-electron chi connectivity index (χ0n) is 7.06. The van der Waals surface area contributed by atoms with Crippen LogP contribution in [0.3, 0.4) is 0 Å². The van der Waals surface area contributed by atoms with Crippen molar-refractivity contribution in [2.75, 3.05) is 25.4 Å². The molecule has 2 saturated heterocycles. The molecule has 0 aromatic carbocycles. The van der Waals surface area contributed by atoms with Gasteiger partial charge in [0.2, 0.25) is 5.91 Å². The second kappa shape index (κ2) is 3.26. The third-order valence-corrected chi connectivity index (χ3v) is 4.15. The Labute approximate surface area is 76.7 Å². The zero-order chi connectivity index (χ0) is 8.44. The first-order chi connectivity index (χ1) is 5.83. The number of nitrogens with one attached hydrogen (secondary N) is 2. The van der Waals surface area contributed by atoms with Gasteiger partial charge in [-0.15, -0.1) is 11.8 Å². The smallest absolute Gasteiger partial charge is 0.236 e. The van der Waals surface area contributed by atoms with Gasteiger partial charge in [-0.3, -0.25) is 4.79 Å². The molecule has 0 aliphatic carbocycles. The Kier molecular flexibility index (Phi) is 2.28. The van der Waals surface area contributed by atoms with Gasteiger partial charge in [0.25, 0.3) is 0 Å². The molecule has 2 aliphatic rings. The molecule has 0 atom stereocenters. The summed E-state index contributed by atoms with van der Waals surface area (Å²) in [4.78, 5) is 11.6. The van der Waals surface area contributed by atoms with E-state index in [0.29, 0.717) is 0 Å². The number of rotatable bonds is 0. The average molecular weight is 186 g/mol. The van der Waals surface area contributed by atoms with Gasteiger partial charge in [0, 0.05) is 12.3 Å². The van der Waals surface area contributed by atoms with Crippen LogP contribution in [0.2, 0.25) is 0 Å². The van der Waals surface area contributed by atoms with Gasteiger partial charge in [0.15, 0.2) is 0 Å². The Bertz CT molecular complexity index is 181. The number of thioether (sulfide) groups is 1. The summed E-state index contributed by atoms with van der Waals surface area (Å²) in [6, 6.07) is 0. The summed E-state index contributed by atoms with van der Waals surface area (Å²) >= 11 is 1.84. The van der Waals surface area contributed by atoms with E-state index < -0.39 is 0 Å². The molecule has 0 unspecified atom stereocenters. The van der Waals surface area contributed by atoms with E-state index >= 15 is 0 Å². The van der Waals surface area contributed by atoms with Gasteiger partial charge in [0.05, 0.1) is 4.75 Å². The number of carbonyl (C=O) groups excluding carboxylic acids is 1. The van der Waals surface area contributed by atoms with Crippen molar-refractivity contribution in [3.63, 3.8) is 0 Å². The van der Waals surface area contributed by atoms with Crippen molar-refractivity contribution in [3.8, 4) is 0 Å². The third-order valence-electron chi connectivity index (χ3n) is 2.59. The molecule has 0 aromatic rings. The maximum atomic E-state index is 11.6. The van der Waals surface area contributed by atoms with Crippen molar-refractivity contribution >= 4 is 17.7 Å². The molecule has 2 fully saturated rings. The van der Waals surface area contributed by atoms with Crippen molar-refractivity contribution in [3.05, 3.63) is 0 Å². The van der Waals surface area contributed by atoms with Gasteiger partial charge in [-0.1, -0.05) is 0 Å². The van der Waals surface area contributed by atoms with Crippen LogP contribution in [-0.2, 0) is 4.79 Å². The Morgan fingerprint density at radius 2 is 2.00 bits per heavy atom. The maximum Gasteiger partial charge on any atom is 0.236 e. The summed E-state index contributed by atoms with van der Waals surface area (Å²) in [7, 11) is 0. The van der Waals surface area contributed by atoms with Crippen LogP contribution in [0.4, 0.5) is 0 Å². The molecular weight excluding hydrogens is 172 g/mol. The lowest BCUT2D eigenvalue weighted by atomic mass is 9.95. The Morgan fingerprint density at radius 3 is 2.67 bits per heavy atom. The van der Waals surface area contributed by atoms with E-state index in [0.717, 1.165) is 38.2 Å². The first kappa shape index (κ1) is 8.38. The lowest BCUT2D eigenvalue weighted by molar-refractivity contribution is -0.124. The van der Waals surface area contributed by atoms with Crippen LogP contribution < -0.4 is 10.6 Å². The molecule has 1 spiro atoms. The molecule has 0 radical (unpaired) electrons. The van der Waals surface area contributed by atoms with Crippen LogP contribution in [0.25, 0.3) is 0 Å². The minimum atomic E-state index is -0.0799. The SMILES string of the molecule is O=C1NCCSC12CCNCC2. The highest BCUT2D eigenvalue weighted by Gasteiger charge is 2.41. The first-order valence-electron chi connectivity index (χ1n) is 4.46. The van der Waals surface area contributed by atoms with Gasteiger partial charge in [-0.25, -0.2) is 0 Å². The van der Waals surface area contributed by atoms with E-state index in [4.69, 9.17) is 0 Å². The molecule has 2 aliphatic heterocycles. The summed E-state index contributed by atoms with van der Waals surface area (Å²) in [5.41, 5.74) is 0. The van der Waals surface area contributed by atoms with E-state index in [1.807, 2.05) is 11.8 Å². The van der Waals surface area contributed by atoms with E-state index in [1.54, 1.807) is 0 Å². The predicted molar refractivity (Wildman–Crippen MR) is 50.3 cm³/mol. The summed E-state index contributed by atoms with van der Waals surface area (Å²) in [5, 5.41) is 6.24. The van der Waals surface area contributed by atoms with Crippen molar-refractivity contribution < 1.29 is 4.79 Å². The fourth-order valence-electron chi connectivity index (χ4n) is 1.84. The van der Waals surface area contributed by atoms with Crippen molar-refractivity contribution in [1.29, 1.82) is 0 Å². The molecule has 2 heterocycles. The molecule has 2 rings (SSSR count). The Balaban J connectivity index is 2.09. The summed E-state index contributed by atoms with van der Waals surface area (Å²) in [6.45, 7) is 2.82. The van der Waals surface area contributed by atoms with Crippen LogP contribution in [-0.4, -0.2) is 36.0 Å². The highest BCUT2D eigenvalue weighted by molar-refractivity contribution is 8.01. The second-order valence-electron chi connectivity index (χ2n) is 3.35. The topological polar surface area (TPSA) is 41.1 Å². The maximum absolute atomic E-state index is 11.6. The molecule has 1 amide bonds. The molecule has 0 saturated carbocycles. The van der Waals surface area contributed by atoms with Gasteiger partial charge >= 0.3 is 0 Å². The zero-order valence-corrected chi connectivity index (χ0v) is 7.88. The standard InChI is InChI=1S/C8H14N2OS/c11-7-8(12-6-5-10-7)1-3-9-4-2-8/h9H,1-6H2,(H,10,11). The van der Waals surface area contributed by atoms with Gasteiger partial charge in [0.1, 0.15) is 0 Å². The number of hydrogen-bond acceptors (Lipinski definition) is 3. The molecular formula is C8H14N2OS. The van der Waals surface area contributed by atoms with Crippen LogP contribution in [0.15, 0.2) is 0 Å². The van der Waals surface area contributed by atoms with Crippen molar-refractivity contribution in [1.82, 2.24) is 10.6 Å². The minimum Gasteiger partial charge on any atom is -0.354 e. The average Bonchev–Trinajstić information content (AvgIpc) is 2.12. The largest absolute Gasteiger partial charge is 0.354 e. The fraction of sp³-hybridized carbons (Fsp3) is 0.875. The number of hydrogen-bond donors (Lipinski definition) is 2. The van der Waals surface area contributed by atoms with E-state index in [2.05, 4.69) is 10.6 Å². The lowest BCUT2D eigenvalue weighted by Gasteiger charge is -2.38. The molecule has 12 heavy (non-hydrogen) atoms. The van der Waals surface area contributed by atoms with Gasteiger partial charge < -0.3 is 10.6 Å². The Morgan fingerprint density at radius 1 is 1.25 bits per heavy atom. The van der Waals surface area contributed by atoms with Gasteiger partial charge in [-0.05, 0) is 25.9 Å². The van der Waals surface area contributed by atoms with Crippen LogP contribution >= 0.6 is 11.8 Å². The molecule has 4 heteroatoms. The summed E-state index contributed by atoms with van der Waals surface area (Å²) in [6.07, 6.45) is 1.98. The normalized spacial score (nSPS) is 28.5. The Hall–Kier alpha value is -0.220. The highest BCUT2D eigenvalue weighted by Crippen LogP contribution is 2.36. The van der Waals surface area contributed by atoms with Crippen molar-refractivity contribution in [2.24, 2.45) is 0 Å².